The topological polar surface area (TPSA) is 21.3 Å². The third-order valence-corrected chi connectivity index (χ3v) is 2.83. The van der Waals surface area contributed by atoms with Crippen molar-refractivity contribution in [3.8, 4) is 0 Å². The summed E-state index contributed by atoms with van der Waals surface area (Å²) < 4.78 is 5.48. The molecule has 0 aromatic heterocycles. The first-order chi connectivity index (χ1) is 6.79. The Bertz CT molecular complexity index is 132. The van der Waals surface area contributed by atoms with Gasteiger partial charge < -0.3 is 10.1 Å². The summed E-state index contributed by atoms with van der Waals surface area (Å²) in [6.07, 6.45) is 5.75. The maximum absolute atomic E-state index is 5.48. The quantitative estimate of drug-likeness (QED) is 0.606. The van der Waals surface area contributed by atoms with Gasteiger partial charge in [0, 0.05) is 13.2 Å². The Labute approximate surface area is 88.4 Å². The van der Waals surface area contributed by atoms with Gasteiger partial charge in [0.25, 0.3) is 0 Å². The monoisotopic (exact) mass is 199 g/mol. The normalized spacial score (nSPS) is 17.4. The van der Waals surface area contributed by atoms with E-state index >= 15 is 0 Å². The average Bonchev–Trinajstić information content (AvgIpc) is 2.06. The van der Waals surface area contributed by atoms with E-state index in [1.165, 1.54) is 32.2 Å². The first-order valence-electron chi connectivity index (χ1n) is 6.07. The molecule has 1 N–H and O–H groups in total. The molecule has 1 saturated carbocycles. The van der Waals surface area contributed by atoms with Gasteiger partial charge in [0.05, 0.1) is 6.61 Å². The molecule has 84 valence electrons. The molecule has 0 amide bonds. The molecule has 0 aromatic rings. The van der Waals surface area contributed by atoms with Crippen molar-refractivity contribution < 1.29 is 4.74 Å². The van der Waals surface area contributed by atoms with Crippen molar-refractivity contribution in [1.82, 2.24) is 5.32 Å². The van der Waals surface area contributed by atoms with Gasteiger partial charge in [-0.25, -0.2) is 0 Å². The van der Waals surface area contributed by atoms with E-state index < -0.39 is 0 Å². The Morgan fingerprint density at radius 2 is 2.07 bits per heavy atom. The first kappa shape index (κ1) is 12.0. The molecule has 2 heteroatoms. The van der Waals surface area contributed by atoms with Crippen LogP contribution in [0.25, 0.3) is 0 Å². The van der Waals surface area contributed by atoms with E-state index in [1.54, 1.807) is 0 Å². The third-order valence-electron chi connectivity index (χ3n) is 2.83. The Balaban J connectivity index is 1.71. The van der Waals surface area contributed by atoms with Crippen molar-refractivity contribution in [2.45, 2.75) is 39.5 Å². The van der Waals surface area contributed by atoms with E-state index in [2.05, 4.69) is 19.2 Å². The van der Waals surface area contributed by atoms with E-state index in [0.29, 0.717) is 5.92 Å². The van der Waals surface area contributed by atoms with Crippen LogP contribution in [0.3, 0.4) is 0 Å². The minimum atomic E-state index is 0.657. The molecule has 1 rings (SSSR count). The maximum Gasteiger partial charge on any atom is 0.0591 e. The van der Waals surface area contributed by atoms with Crippen LogP contribution in [0.5, 0.6) is 0 Å². The molecule has 1 fully saturated rings. The minimum absolute atomic E-state index is 0.657. The molecule has 0 bridgehead atoms. The highest BCUT2D eigenvalue weighted by molar-refractivity contribution is 4.70. The van der Waals surface area contributed by atoms with Crippen LogP contribution in [-0.4, -0.2) is 26.3 Å². The van der Waals surface area contributed by atoms with Crippen LogP contribution < -0.4 is 5.32 Å². The second kappa shape index (κ2) is 7.24. The minimum Gasteiger partial charge on any atom is -0.380 e. The van der Waals surface area contributed by atoms with E-state index in [0.717, 1.165) is 25.7 Å². The number of nitrogens with one attached hydrogen (secondary N) is 1. The summed E-state index contributed by atoms with van der Waals surface area (Å²) in [4.78, 5) is 0. The van der Waals surface area contributed by atoms with Crippen LogP contribution in [0.15, 0.2) is 0 Å². The molecule has 0 unspecified atom stereocenters. The van der Waals surface area contributed by atoms with Gasteiger partial charge in [0.1, 0.15) is 0 Å². The number of rotatable bonds is 8. The zero-order valence-corrected chi connectivity index (χ0v) is 9.72. The van der Waals surface area contributed by atoms with Crippen molar-refractivity contribution in [3.05, 3.63) is 0 Å². The zero-order valence-electron chi connectivity index (χ0n) is 9.72. The predicted molar refractivity (Wildman–Crippen MR) is 60.5 cm³/mol. The molecule has 1 aliphatic carbocycles. The largest absolute Gasteiger partial charge is 0.380 e. The van der Waals surface area contributed by atoms with Gasteiger partial charge in [-0.3, -0.25) is 0 Å². The van der Waals surface area contributed by atoms with Crippen molar-refractivity contribution >= 4 is 0 Å². The standard InChI is InChI=1S/C12H25NO/c1-11(2)10-14-9-8-13-7-6-12-4-3-5-12/h11-13H,3-10H2,1-2H3. The smallest absolute Gasteiger partial charge is 0.0591 e. The molecule has 14 heavy (non-hydrogen) atoms. The third kappa shape index (κ3) is 5.61. The van der Waals surface area contributed by atoms with Crippen LogP contribution in [0, 0.1) is 11.8 Å². The number of hydrogen-bond acceptors (Lipinski definition) is 2. The van der Waals surface area contributed by atoms with Crippen LogP contribution in [0.1, 0.15) is 39.5 Å². The van der Waals surface area contributed by atoms with E-state index in [-0.39, 0.29) is 0 Å². The highest BCUT2D eigenvalue weighted by Gasteiger charge is 2.15. The summed E-state index contributed by atoms with van der Waals surface area (Å²) >= 11 is 0. The van der Waals surface area contributed by atoms with Crippen molar-refractivity contribution in [2.24, 2.45) is 11.8 Å². The molecule has 0 saturated heterocycles. The van der Waals surface area contributed by atoms with Gasteiger partial charge in [0.2, 0.25) is 0 Å². The average molecular weight is 199 g/mol. The summed E-state index contributed by atoms with van der Waals surface area (Å²) in [6, 6.07) is 0. The summed E-state index contributed by atoms with van der Waals surface area (Å²) in [5.74, 6) is 1.68. The number of ether oxygens (including phenoxy) is 1. The highest BCUT2D eigenvalue weighted by Crippen LogP contribution is 2.28. The molecule has 0 atom stereocenters. The molecule has 0 aliphatic heterocycles. The molecule has 0 heterocycles. The Kier molecular flexibility index (Phi) is 6.20. The molecule has 1 aliphatic rings. The van der Waals surface area contributed by atoms with Crippen LogP contribution in [-0.2, 0) is 4.74 Å². The van der Waals surface area contributed by atoms with E-state index in [9.17, 15) is 0 Å². The lowest BCUT2D eigenvalue weighted by atomic mass is 9.83. The predicted octanol–water partition coefficient (Wildman–Crippen LogP) is 2.44. The van der Waals surface area contributed by atoms with Crippen LogP contribution >= 0.6 is 0 Å². The molecule has 0 spiro atoms. The SMILES string of the molecule is CC(C)COCCNCCC1CCC1. The van der Waals surface area contributed by atoms with E-state index in [4.69, 9.17) is 4.74 Å². The van der Waals surface area contributed by atoms with Crippen molar-refractivity contribution in [1.29, 1.82) is 0 Å². The van der Waals surface area contributed by atoms with Gasteiger partial charge in [-0.1, -0.05) is 33.1 Å². The van der Waals surface area contributed by atoms with Crippen molar-refractivity contribution in [3.63, 3.8) is 0 Å². The molecule has 0 radical (unpaired) electrons. The van der Waals surface area contributed by atoms with Crippen LogP contribution in [0.4, 0.5) is 0 Å². The summed E-state index contributed by atoms with van der Waals surface area (Å²) in [5.41, 5.74) is 0. The number of hydrogen-bond donors (Lipinski definition) is 1. The fraction of sp³-hybridized carbons (Fsp3) is 1.00. The van der Waals surface area contributed by atoms with Gasteiger partial charge in [-0.05, 0) is 24.8 Å². The summed E-state index contributed by atoms with van der Waals surface area (Å²) in [6.45, 7) is 8.32. The Morgan fingerprint density at radius 1 is 1.29 bits per heavy atom. The maximum atomic E-state index is 5.48. The van der Waals surface area contributed by atoms with Crippen molar-refractivity contribution in [2.75, 3.05) is 26.3 Å². The van der Waals surface area contributed by atoms with Gasteiger partial charge in [-0.2, -0.15) is 0 Å². The lowest BCUT2D eigenvalue weighted by molar-refractivity contribution is 0.111. The Hall–Kier alpha value is -0.0800. The summed E-state index contributed by atoms with van der Waals surface area (Å²) in [7, 11) is 0. The second-order valence-corrected chi connectivity index (χ2v) is 4.80. The van der Waals surface area contributed by atoms with E-state index in [1.807, 2.05) is 0 Å². The molecule has 2 nitrogen and oxygen atoms in total. The van der Waals surface area contributed by atoms with Gasteiger partial charge >= 0.3 is 0 Å². The van der Waals surface area contributed by atoms with Gasteiger partial charge in [0.15, 0.2) is 0 Å². The molecular formula is C12H25NO. The fourth-order valence-corrected chi connectivity index (χ4v) is 1.68. The summed E-state index contributed by atoms with van der Waals surface area (Å²) in [5, 5.41) is 3.43. The molecule has 0 aromatic carbocycles. The lowest BCUT2D eigenvalue weighted by Crippen LogP contribution is -2.25. The van der Waals surface area contributed by atoms with Gasteiger partial charge in [-0.15, -0.1) is 0 Å². The highest BCUT2D eigenvalue weighted by atomic mass is 16.5. The first-order valence-corrected chi connectivity index (χ1v) is 6.07. The zero-order chi connectivity index (χ0) is 10.2. The van der Waals surface area contributed by atoms with Crippen LogP contribution in [0.2, 0.25) is 0 Å². The second-order valence-electron chi connectivity index (χ2n) is 4.80. The fourth-order valence-electron chi connectivity index (χ4n) is 1.68. The Morgan fingerprint density at radius 3 is 2.64 bits per heavy atom. The lowest BCUT2D eigenvalue weighted by Gasteiger charge is -2.25. The molecular weight excluding hydrogens is 174 g/mol.